The van der Waals surface area contributed by atoms with Gasteiger partial charge in [-0.05, 0) is 55.7 Å². The second-order valence-electron chi connectivity index (χ2n) is 8.10. The Morgan fingerprint density at radius 2 is 1.97 bits per heavy atom. The van der Waals surface area contributed by atoms with Gasteiger partial charge < -0.3 is 14.6 Å². The predicted octanol–water partition coefficient (Wildman–Crippen LogP) is 4.12. The number of rotatable bonds is 6. The van der Waals surface area contributed by atoms with Gasteiger partial charge in [-0.25, -0.2) is 13.2 Å². The summed E-state index contributed by atoms with van der Waals surface area (Å²) in [6.07, 6.45) is -4.48. The molecule has 176 valence electrons. The summed E-state index contributed by atoms with van der Waals surface area (Å²) < 4.78 is 73.2. The molecule has 8 nitrogen and oxygen atoms in total. The summed E-state index contributed by atoms with van der Waals surface area (Å²) in [7, 11) is -4.49. The van der Waals surface area contributed by atoms with E-state index in [1.165, 1.54) is 18.2 Å². The molecule has 1 saturated carbocycles. The van der Waals surface area contributed by atoms with Crippen LogP contribution in [0.3, 0.4) is 0 Å². The molecule has 0 radical (unpaired) electrons. The minimum atomic E-state index is -4.74. The molecule has 2 N–H and O–H groups in total. The van der Waals surface area contributed by atoms with Crippen molar-refractivity contribution in [3.63, 3.8) is 0 Å². The van der Waals surface area contributed by atoms with Gasteiger partial charge in [0.05, 0.1) is 22.7 Å². The van der Waals surface area contributed by atoms with Gasteiger partial charge in [0, 0.05) is 11.1 Å². The summed E-state index contributed by atoms with van der Waals surface area (Å²) in [6.45, 7) is -0.252. The molecule has 2 aliphatic rings. The average Bonchev–Trinajstić information content (AvgIpc) is 3.52. The average molecular weight is 484 g/mol. The van der Waals surface area contributed by atoms with E-state index in [2.05, 4.69) is 5.32 Å². The zero-order valence-electron chi connectivity index (χ0n) is 17.0. The largest absolute Gasteiger partial charge is 0.486 e. The van der Waals surface area contributed by atoms with Crippen LogP contribution in [-0.2, 0) is 21.0 Å². The second kappa shape index (κ2) is 7.94. The molecule has 0 saturated heterocycles. The Morgan fingerprint density at radius 1 is 1.24 bits per heavy atom. The maximum atomic E-state index is 13.5. The van der Waals surface area contributed by atoms with E-state index >= 15 is 0 Å². The van der Waals surface area contributed by atoms with E-state index in [4.69, 9.17) is 9.84 Å². The lowest BCUT2D eigenvalue weighted by Gasteiger charge is -2.36. The molecule has 0 bridgehead atoms. The Hall–Kier alpha value is -3.28. The van der Waals surface area contributed by atoms with E-state index in [1.54, 1.807) is 0 Å². The Kier molecular flexibility index (Phi) is 5.51. The van der Waals surface area contributed by atoms with E-state index in [1.807, 2.05) is 0 Å². The monoisotopic (exact) mass is 484 g/mol. The molecule has 0 spiro atoms. The molecule has 1 fully saturated rings. The molecule has 2 aromatic rings. The van der Waals surface area contributed by atoms with Crippen LogP contribution in [0.1, 0.15) is 24.8 Å². The van der Waals surface area contributed by atoms with Gasteiger partial charge >= 0.3 is 12.3 Å². The summed E-state index contributed by atoms with van der Waals surface area (Å²) in [5, 5.41) is 11.1. The number of carboxylic acid groups (broad SMARTS) is 1. The van der Waals surface area contributed by atoms with Gasteiger partial charge in [0.25, 0.3) is 10.0 Å². The normalized spacial score (nSPS) is 19.2. The highest BCUT2D eigenvalue weighted by Crippen LogP contribution is 2.50. The lowest BCUT2D eigenvalue weighted by molar-refractivity contribution is -0.137. The molecule has 1 heterocycles. The van der Waals surface area contributed by atoms with E-state index in [-0.39, 0.29) is 30.1 Å². The Balaban J connectivity index is 1.77. The van der Waals surface area contributed by atoms with E-state index in [9.17, 15) is 31.2 Å². The summed E-state index contributed by atoms with van der Waals surface area (Å²) >= 11 is 0. The van der Waals surface area contributed by atoms with Crippen molar-refractivity contribution in [2.45, 2.75) is 36.4 Å². The van der Waals surface area contributed by atoms with Crippen LogP contribution in [0.5, 0.6) is 5.75 Å². The van der Waals surface area contributed by atoms with Crippen LogP contribution in [0.4, 0.5) is 29.3 Å². The SMILES string of the molecule is O=CC1(CC2CN(S(=O)(=O)c3cccc(C(F)(F)F)c3)c3cc(NC(=O)O)ccc3O2)CC1. The fraction of sp³-hybridized carbons (Fsp3) is 0.333. The van der Waals surface area contributed by atoms with Crippen molar-refractivity contribution in [1.82, 2.24) is 0 Å². The van der Waals surface area contributed by atoms with Crippen LogP contribution in [-0.4, -0.2) is 38.6 Å². The third kappa shape index (κ3) is 4.61. The Labute approximate surface area is 187 Å². The Bertz CT molecular complexity index is 1210. The fourth-order valence-corrected chi connectivity index (χ4v) is 5.34. The number of amides is 1. The van der Waals surface area contributed by atoms with Crippen LogP contribution in [0.25, 0.3) is 0 Å². The molecule has 1 aliphatic heterocycles. The fourth-order valence-electron chi connectivity index (χ4n) is 3.79. The molecule has 1 aliphatic carbocycles. The highest BCUT2D eigenvalue weighted by molar-refractivity contribution is 7.92. The van der Waals surface area contributed by atoms with Crippen molar-refractivity contribution < 1.29 is 41.0 Å². The van der Waals surface area contributed by atoms with Crippen LogP contribution >= 0.6 is 0 Å². The molecule has 12 heteroatoms. The molecule has 2 aromatic carbocycles. The molecular weight excluding hydrogens is 465 g/mol. The van der Waals surface area contributed by atoms with Crippen molar-refractivity contribution in [3.8, 4) is 5.75 Å². The van der Waals surface area contributed by atoms with Crippen LogP contribution in [0, 0.1) is 5.41 Å². The first-order valence-corrected chi connectivity index (χ1v) is 11.3. The second-order valence-corrected chi connectivity index (χ2v) is 9.96. The van der Waals surface area contributed by atoms with Gasteiger partial charge in [-0.1, -0.05) is 6.07 Å². The molecule has 1 atom stereocenters. The van der Waals surface area contributed by atoms with Gasteiger partial charge in [0.15, 0.2) is 0 Å². The number of hydrogen-bond acceptors (Lipinski definition) is 5. The zero-order valence-corrected chi connectivity index (χ0v) is 17.8. The number of benzene rings is 2. The first-order chi connectivity index (χ1) is 15.4. The number of fused-ring (bicyclic) bond motifs is 1. The van der Waals surface area contributed by atoms with Gasteiger partial charge in [0.2, 0.25) is 0 Å². The predicted molar refractivity (Wildman–Crippen MR) is 111 cm³/mol. The number of carbonyl (C=O) groups excluding carboxylic acids is 1. The smallest absolute Gasteiger partial charge is 0.416 e. The van der Waals surface area contributed by atoms with E-state index < -0.39 is 44.3 Å². The number of sulfonamides is 1. The zero-order chi connectivity index (χ0) is 24.0. The quantitative estimate of drug-likeness (QED) is 0.597. The number of anilines is 2. The highest BCUT2D eigenvalue weighted by Gasteiger charge is 2.47. The van der Waals surface area contributed by atoms with Crippen molar-refractivity contribution in [2.24, 2.45) is 5.41 Å². The summed E-state index contributed by atoms with van der Waals surface area (Å²) in [6, 6.07) is 7.36. The maximum Gasteiger partial charge on any atom is 0.416 e. The number of nitrogens with one attached hydrogen (secondary N) is 1. The van der Waals surface area contributed by atoms with E-state index in [0.717, 1.165) is 28.8 Å². The highest BCUT2D eigenvalue weighted by atomic mass is 32.2. The van der Waals surface area contributed by atoms with Crippen LogP contribution in [0.2, 0.25) is 0 Å². The lowest BCUT2D eigenvalue weighted by atomic mass is 9.99. The van der Waals surface area contributed by atoms with Crippen molar-refractivity contribution in [2.75, 3.05) is 16.2 Å². The van der Waals surface area contributed by atoms with Gasteiger partial charge in [-0.2, -0.15) is 13.2 Å². The topological polar surface area (TPSA) is 113 Å². The molecular formula is C21H19F3N2O6S. The number of halogens is 3. The third-order valence-electron chi connectivity index (χ3n) is 5.67. The van der Waals surface area contributed by atoms with Gasteiger partial charge in [0.1, 0.15) is 18.1 Å². The molecule has 4 rings (SSSR count). The molecule has 33 heavy (non-hydrogen) atoms. The number of nitrogens with zero attached hydrogens (tertiary/aromatic N) is 1. The maximum absolute atomic E-state index is 13.5. The minimum Gasteiger partial charge on any atom is -0.486 e. The summed E-state index contributed by atoms with van der Waals surface area (Å²) in [5.41, 5.74) is -1.68. The number of aldehydes is 1. The number of hydrogen-bond donors (Lipinski definition) is 2. The van der Waals surface area contributed by atoms with Crippen molar-refractivity contribution in [1.29, 1.82) is 0 Å². The third-order valence-corrected chi connectivity index (χ3v) is 7.44. The van der Waals surface area contributed by atoms with Crippen molar-refractivity contribution >= 4 is 33.8 Å². The lowest BCUT2D eigenvalue weighted by Crippen LogP contribution is -2.44. The first kappa shape index (κ1) is 22.9. The number of ether oxygens (including phenoxy) is 1. The minimum absolute atomic E-state index is 0.0224. The van der Waals surface area contributed by atoms with Crippen molar-refractivity contribution in [3.05, 3.63) is 48.0 Å². The van der Waals surface area contributed by atoms with Gasteiger partial charge in [-0.3, -0.25) is 9.62 Å². The summed E-state index contributed by atoms with van der Waals surface area (Å²) in [5.74, 6) is 0.111. The van der Waals surface area contributed by atoms with Crippen LogP contribution < -0.4 is 14.4 Å². The van der Waals surface area contributed by atoms with Crippen LogP contribution in [0.15, 0.2) is 47.4 Å². The van der Waals surface area contributed by atoms with E-state index in [0.29, 0.717) is 18.9 Å². The number of carbonyl (C=O) groups is 2. The Morgan fingerprint density at radius 3 is 2.58 bits per heavy atom. The molecule has 1 amide bonds. The summed E-state index contributed by atoms with van der Waals surface area (Å²) in [4.78, 5) is 21.9. The molecule has 1 unspecified atom stereocenters. The molecule has 0 aromatic heterocycles. The van der Waals surface area contributed by atoms with Gasteiger partial charge in [-0.15, -0.1) is 0 Å². The standard InChI is InChI=1S/C21H19F3N2O6S/c22-21(23,24)13-2-1-3-16(8-13)33(30,31)26-11-15(10-20(12-27)6-7-20)32-18-5-4-14(9-17(18)26)25-19(28)29/h1-5,8-9,12,15,25H,6-7,10-11H2,(H,28,29). The number of alkyl halides is 3. The first-order valence-electron chi connectivity index (χ1n) is 9.91.